The number of carbonyl (C=O) groups excluding carboxylic acids is 2. The quantitative estimate of drug-likeness (QED) is 0.482. The average Bonchev–Trinajstić information content (AvgIpc) is 3.04. The van der Waals surface area contributed by atoms with E-state index in [1.54, 1.807) is 18.2 Å². The Hall–Kier alpha value is -0.850. The van der Waals surface area contributed by atoms with Gasteiger partial charge in [0.2, 0.25) is 0 Å². The SMILES string of the molecule is CC12CCC(=O)C=C1CCC1C2C(O)CC2(C)C1CC[C@]2(O)C(=O)CSc1ccc(Cl)cc1Cl. The Balaban J connectivity index is 1.39. The molecule has 4 nitrogen and oxygen atoms in total. The fourth-order valence-electron chi connectivity index (χ4n) is 8.01. The van der Waals surface area contributed by atoms with Gasteiger partial charge in [-0.25, -0.2) is 0 Å². The predicted octanol–water partition coefficient (Wildman–Crippen LogP) is 5.89. The molecule has 6 unspecified atom stereocenters. The molecule has 5 rings (SSSR count). The minimum Gasteiger partial charge on any atom is -0.393 e. The molecule has 3 fully saturated rings. The maximum absolute atomic E-state index is 13.5. The van der Waals surface area contributed by atoms with Crippen molar-refractivity contribution >= 4 is 46.5 Å². The third-order valence-electron chi connectivity index (χ3n) is 9.76. The van der Waals surface area contributed by atoms with Crippen molar-refractivity contribution in [1.82, 2.24) is 0 Å². The second-order valence-corrected chi connectivity index (χ2v) is 13.1. The second kappa shape index (κ2) is 8.62. The molecular weight excluding hydrogens is 491 g/mol. The number of carbonyl (C=O) groups is 2. The molecular formula is C27H32Cl2O4S. The monoisotopic (exact) mass is 522 g/mol. The predicted molar refractivity (Wildman–Crippen MR) is 135 cm³/mol. The lowest BCUT2D eigenvalue weighted by atomic mass is 9.45. The van der Waals surface area contributed by atoms with Crippen molar-refractivity contribution in [3.05, 3.63) is 39.9 Å². The molecule has 3 saturated carbocycles. The van der Waals surface area contributed by atoms with Gasteiger partial charge in [0.1, 0.15) is 5.60 Å². The van der Waals surface area contributed by atoms with Crippen LogP contribution in [0.15, 0.2) is 34.7 Å². The van der Waals surface area contributed by atoms with Gasteiger partial charge < -0.3 is 10.2 Å². The van der Waals surface area contributed by atoms with Gasteiger partial charge in [-0.3, -0.25) is 9.59 Å². The van der Waals surface area contributed by atoms with Gasteiger partial charge in [-0.15, -0.1) is 11.8 Å². The number of rotatable bonds is 4. The van der Waals surface area contributed by atoms with Gasteiger partial charge in [0.05, 0.1) is 16.9 Å². The van der Waals surface area contributed by atoms with Crippen molar-refractivity contribution in [2.45, 2.75) is 75.4 Å². The number of aliphatic hydroxyl groups is 2. The van der Waals surface area contributed by atoms with Gasteiger partial charge in [-0.1, -0.05) is 42.6 Å². The average molecular weight is 524 g/mol. The summed E-state index contributed by atoms with van der Waals surface area (Å²) in [5, 5.41) is 24.4. The van der Waals surface area contributed by atoms with Crippen LogP contribution in [0, 0.1) is 28.6 Å². The third-order valence-corrected chi connectivity index (χ3v) is 11.5. The standard InChI is InChI=1S/C27H32Cl2O4S/c1-25-9-7-17(30)11-15(25)3-5-18-19-8-10-27(33,26(19,2)13-21(31)24(18)25)23(32)14-34-22-6-4-16(28)12-20(22)29/h4,6,11-12,18-19,21,24,31,33H,3,5,7-10,13-14H2,1-2H3/t18?,19?,21?,24?,25?,26?,27-/m0/s1. The first-order chi connectivity index (χ1) is 16.0. The first kappa shape index (κ1) is 24.8. The number of allylic oxidation sites excluding steroid dienone is 1. The molecule has 4 aliphatic carbocycles. The molecule has 4 aliphatic rings. The van der Waals surface area contributed by atoms with E-state index in [2.05, 4.69) is 6.92 Å². The molecule has 0 saturated heterocycles. The highest BCUT2D eigenvalue weighted by atomic mass is 35.5. The normalized spacial score (nSPS) is 41.4. The fraction of sp³-hybridized carbons (Fsp3) is 0.630. The molecule has 184 valence electrons. The zero-order valence-electron chi connectivity index (χ0n) is 19.7. The molecule has 7 heteroatoms. The highest BCUT2D eigenvalue weighted by molar-refractivity contribution is 8.00. The first-order valence-electron chi connectivity index (χ1n) is 12.2. The summed E-state index contributed by atoms with van der Waals surface area (Å²) in [4.78, 5) is 26.3. The smallest absolute Gasteiger partial charge is 0.175 e. The van der Waals surface area contributed by atoms with E-state index >= 15 is 0 Å². The summed E-state index contributed by atoms with van der Waals surface area (Å²) in [6.07, 6.45) is 5.91. The second-order valence-electron chi connectivity index (χ2n) is 11.3. The summed E-state index contributed by atoms with van der Waals surface area (Å²) in [7, 11) is 0. The molecule has 0 radical (unpaired) electrons. The van der Waals surface area contributed by atoms with Crippen LogP contribution in [0.1, 0.15) is 58.8 Å². The van der Waals surface area contributed by atoms with E-state index in [1.165, 1.54) is 17.3 Å². The number of hydrogen-bond donors (Lipinski definition) is 2. The Morgan fingerprint density at radius 3 is 2.68 bits per heavy atom. The molecule has 0 bridgehead atoms. The molecule has 7 atom stereocenters. The van der Waals surface area contributed by atoms with Crippen molar-refractivity contribution in [1.29, 1.82) is 0 Å². The zero-order valence-corrected chi connectivity index (χ0v) is 22.0. The van der Waals surface area contributed by atoms with Crippen molar-refractivity contribution < 1.29 is 19.8 Å². The minimum atomic E-state index is -1.46. The maximum Gasteiger partial charge on any atom is 0.175 e. The molecule has 0 aliphatic heterocycles. The Morgan fingerprint density at radius 2 is 1.94 bits per heavy atom. The van der Waals surface area contributed by atoms with Gasteiger partial charge in [0, 0.05) is 21.8 Å². The molecule has 34 heavy (non-hydrogen) atoms. The minimum absolute atomic E-state index is 0.0679. The van der Waals surface area contributed by atoms with Crippen molar-refractivity contribution in [3.63, 3.8) is 0 Å². The molecule has 1 aromatic carbocycles. The Labute approximate surface area is 215 Å². The molecule has 0 aromatic heterocycles. The van der Waals surface area contributed by atoms with Crippen LogP contribution in [0.5, 0.6) is 0 Å². The number of hydrogen-bond acceptors (Lipinski definition) is 5. The maximum atomic E-state index is 13.5. The summed E-state index contributed by atoms with van der Waals surface area (Å²) in [5.74, 6) is 0.611. The van der Waals surface area contributed by atoms with E-state index in [9.17, 15) is 19.8 Å². The first-order valence-corrected chi connectivity index (χ1v) is 14.0. The van der Waals surface area contributed by atoms with Crippen LogP contribution in [-0.4, -0.2) is 39.2 Å². The summed E-state index contributed by atoms with van der Waals surface area (Å²) < 4.78 is 0. The van der Waals surface area contributed by atoms with Crippen molar-refractivity contribution in [3.8, 4) is 0 Å². The van der Waals surface area contributed by atoms with Crippen molar-refractivity contribution in [2.75, 3.05) is 5.75 Å². The lowest BCUT2D eigenvalue weighted by Gasteiger charge is -2.60. The summed E-state index contributed by atoms with van der Waals surface area (Å²) in [6, 6.07) is 5.19. The highest BCUT2D eigenvalue weighted by Crippen LogP contribution is 2.67. The zero-order chi connectivity index (χ0) is 24.5. The van der Waals surface area contributed by atoms with Gasteiger partial charge in [0.15, 0.2) is 11.6 Å². The number of ketones is 2. The molecule has 1 aromatic rings. The molecule has 2 N–H and O–H groups in total. The Morgan fingerprint density at radius 1 is 1.18 bits per heavy atom. The van der Waals surface area contributed by atoms with E-state index in [-0.39, 0.29) is 40.5 Å². The third kappa shape index (κ3) is 3.64. The number of aliphatic hydroxyl groups excluding tert-OH is 1. The number of benzene rings is 1. The van der Waals surface area contributed by atoms with E-state index in [4.69, 9.17) is 23.2 Å². The van der Waals surface area contributed by atoms with Crippen molar-refractivity contribution in [2.24, 2.45) is 28.6 Å². The van der Waals surface area contributed by atoms with Crippen LogP contribution in [0.4, 0.5) is 0 Å². The highest BCUT2D eigenvalue weighted by Gasteiger charge is 2.68. The van der Waals surface area contributed by atoms with Gasteiger partial charge in [-0.2, -0.15) is 0 Å². The number of fused-ring (bicyclic) bond motifs is 5. The Kier molecular flexibility index (Phi) is 6.30. The van der Waals surface area contributed by atoms with Gasteiger partial charge in [-0.05, 0) is 86.0 Å². The van der Waals surface area contributed by atoms with E-state index in [0.717, 1.165) is 30.6 Å². The number of thioether (sulfide) groups is 1. The molecule has 0 heterocycles. The Bertz CT molecular complexity index is 1070. The van der Waals surface area contributed by atoms with Crippen LogP contribution in [-0.2, 0) is 9.59 Å². The van der Waals surface area contributed by atoms with Gasteiger partial charge in [0.25, 0.3) is 0 Å². The van der Waals surface area contributed by atoms with Gasteiger partial charge >= 0.3 is 0 Å². The van der Waals surface area contributed by atoms with E-state index in [1.807, 2.05) is 13.0 Å². The van der Waals surface area contributed by atoms with Crippen LogP contribution in [0.3, 0.4) is 0 Å². The fourth-order valence-corrected chi connectivity index (χ4v) is 9.46. The van der Waals surface area contributed by atoms with E-state index < -0.39 is 17.1 Å². The lowest BCUT2D eigenvalue weighted by Crippen LogP contribution is -2.61. The topological polar surface area (TPSA) is 74.6 Å². The summed E-state index contributed by atoms with van der Waals surface area (Å²) >= 11 is 13.6. The van der Waals surface area contributed by atoms with Crippen LogP contribution >= 0.6 is 35.0 Å². The van der Waals surface area contributed by atoms with Crippen LogP contribution in [0.25, 0.3) is 0 Å². The number of Topliss-reactive ketones (excluding diaryl/α,β-unsaturated/α-hetero) is 1. The molecule has 0 amide bonds. The number of halogens is 2. The molecule has 0 spiro atoms. The van der Waals surface area contributed by atoms with E-state index in [0.29, 0.717) is 29.3 Å². The van der Waals surface area contributed by atoms with Crippen LogP contribution < -0.4 is 0 Å². The lowest BCUT2D eigenvalue weighted by molar-refractivity contribution is -0.178. The summed E-state index contributed by atoms with van der Waals surface area (Å²) in [6.45, 7) is 4.23. The van der Waals surface area contributed by atoms with Crippen LogP contribution in [0.2, 0.25) is 10.0 Å². The largest absolute Gasteiger partial charge is 0.393 e. The summed E-state index contributed by atoms with van der Waals surface area (Å²) in [5.41, 5.74) is -1.12.